The Morgan fingerprint density at radius 3 is 2.47 bits per heavy atom. The van der Waals surface area contributed by atoms with Gasteiger partial charge in [-0.25, -0.2) is 4.79 Å². The zero-order valence-electron chi connectivity index (χ0n) is 17.5. The molecule has 0 fully saturated rings. The number of methoxy groups -OCH3 is 1. The van der Waals surface area contributed by atoms with Gasteiger partial charge < -0.3 is 14.2 Å². The molecule has 0 heterocycles. The lowest BCUT2D eigenvalue weighted by molar-refractivity contribution is -0.136. The molecule has 160 valence electrons. The third-order valence-electron chi connectivity index (χ3n) is 4.87. The van der Waals surface area contributed by atoms with Crippen molar-refractivity contribution in [2.24, 2.45) is 0 Å². The molecule has 0 aliphatic heterocycles. The van der Waals surface area contributed by atoms with Gasteiger partial charge in [-0.15, -0.1) is 0 Å². The van der Waals surface area contributed by atoms with E-state index >= 15 is 0 Å². The average molecular weight is 445 g/mol. The summed E-state index contributed by atoms with van der Waals surface area (Å²) < 4.78 is 16.3. The summed E-state index contributed by atoms with van der Waals surface area (Å²) in [5.74, 6) is 0.646. The monoisotopic (exact) mass is 444 g/mol. The Morgan fingerprint density at radius 2 is 1.62 bits per heavy atom. The Bertz CT molecular complexity index is 1270. The van der Waals surface area contributed by atoms with E-state index in [2.05, 4.69) is 30.3 Å². The largest absolute Gasteiger partial charge is 0.493 e. The van der Waals surface area contributed by atoms with E-state index in [9.17, 15) is 4.79 Å². The summed E-state index contributed by atoms with van der Waals surface area (Å²) in [5, 5.41) is 2.80. The van der Waals surface area contributed by atoms with Crippen molar-refractivity contribution in [3.8, 4) is 17.2 Å². The van der Waals surface area contributed by atoms with Gasteiger partial charge in [0, 0.05) is 0 Å². The molecule has 0 spiro atoms. The average Bonchev–Trinajstić information content (AvgIpc) is 2.83. The van der Waals surface area contributed by atoms with Gasteiger partial charge in [-0.2, -0.15) is 0 Å². The summed E-state index contributed by atoms with van der Waals surface area (Å²) in [6, 6.07) is 26.8. The quantitative estimate of drug-likeness (QED) is 0.182. The summed E-state index contributed by atoms with van der Waals surface area (Å²) >= 11 is 6.04. The Kier molecular flexibility index (Phi) is 6.73. The van der Waals surface area contributed by atoms with E-state index < -0.39 is 5.97 Å². The molecule has 0 aliphatic carbocycles. The van der Waals surface area contributed by atoms with Crippen LogP contribution in [0.1, 0.15) is 11.1 Å². The minimum absolute atomic E-state index is 0.268. The molecule has 0 unspecified atom stereocenters. The molecule has 0 saturated heterocycles. The van der Waals surface area contributed by atoms with Gasteiger partial charge in [0.2, 0.25) is 0 Å². The molecule has 0 bridgehead atoms. The highest BCUT2D eigenvalue weighted by atomic mass is 35.5. The van der Waals surface area contributed by atoms with E-state index in [1.807, 2.05) is 36.4 Å². The molecule has 0 amide bonds. The van der Waals surface area contributed by atoms with Crippen molar-refractivity contribution in [2.75, 3.05) is 13.7 Å². The number of rotatable bonds is 7. The second-order valence-electron chi connectivity index (χ2n) is 7.01. The normalized spacial score (nSPS) is 10.9. The number of halogens is 1. The van der Waals surface area contributed by atoms with E-state index in [0.717, 1.165) is 11.1 Å². The maximum absolute atomic E-state index is 12.2. The van der Waals surface area contributed by atoms with Crippen molar-refractivity contribution in [1.82, 2.24) is 0 Å². The standard InChI is InChI=1S/C27H21ClO4/c1-30-26-17-19(13-15-21-9-6-8-20-7-2-3-10-22(20)21)14-16-25(26)32-27(29)18-31-24-12-5-4-11-23(24)28/h2-17H,18H2,1H3/b15-13+. The molecule has 0 N–H and O–H groups in total. The van der Waals surface area contributed by atoms with Crippen molar-refractivity contribution < 1.29 is 19.0 Å². The van der Waals surface area contributed by atoms with Gasteiger partial charge in [0.1, 0.15) is 5.75 Å². The molecule has 0 aromatic heterocycles. The highest BCUT2D eigenvalue weighted by molar-refractivity contribution is 6.32. The van der Waals surface area contributed by atoms with Crippen LogP contribution in [0.15, 0.2) is 84.9 Å². The molecule has 0 saturated carbocycles. The maximum atomic E-state index is 12.2. The number of fused-ring (bicyclic) bond motifs is 1. The van der Waals surface area contributed by atoms with Crippen LogP contribution in [0.3, 0.4) is 0 Å². The number of carbonyl (C=O) groups excluding carboxylic acids is 1. The van der Waals surface area contributed by atoms with Crippen LogP contribution in [-0.4, -0.2) is 19.7 Å². The van der Waals surface area contributed by atoms with Gasteiger partial charge in [0.05, 0.1) is 12.1 Å². The Morgan fingerprint density at radius 1 is 0.844 bits per heavy atom. The summed E-state index contributed by atoms with van der Waals surface area (Å²) in [6.45, 7) is -0.268. The number of benzene rings is 4. The van der Waals surface area contributed by atoms with Crippen molar-refractivity contribution in [1.29, 1.82) is 0 Å². The topological polar surface area (TPSA) is 44.8 Å². The fraction of sp³-hybridized carbons (Fsp3) is 0.0741. The van der Waals surface area contributed by atoms with Crippen LogP contribution in [0.5, 0.6) is 17.2 Å². The fourth-order valence-electron chi connectivity index (χ4n) is 3.30. The molecule has 4 nitrogen and oxygen atoms in total. The van der Waals surface area contributed by atoms with Crippen LogP contribution in [0.25, 0.3) is 22.9 Å². The van der Waals surface area contributed by atoms with E-state index in [1.54, 1.807) is 30.3 Å². The van der Waals surface area contributed by atoms with E-state index in [-0.39, 0.29) is 6.61 Å². The predicted octanol–water partition coefficient (Wildman–Crippen LogP) is 6.66. The number of esters is 1. The Hall–Kier alpha value is -3.76. The van der Waals surface area contributed by atoms with E-state index in [4.69, 9.17) is 25.8 Å². The maximum Gasteiger partial charge on any atom is 0.349 e. The second-order valence-corrected chi connectivity index (χ2v) is 7.41. The Balaban J connectivity index is 1.46. The first-order chi connectivity index (χ1) is 15.6. The van der Waals surface area contributed by atoms with Crippen molar-refractivity contribution in [3.63, 3.8) is 0 Å². The van der Waals surface area contributed by atoms with Crippen LogP contribution in [0.4, 0.5) is 0 Å². The fourth-order valence-corrected chi connectivity index (χ4v) is 3.49. The minimum atomic E-state index is -0.553. The minimum Gasteiger partial charge on any atom is -0.493 e. The van der Waals surface area contributed by atoms with Gasteiger partial charge in [0.25, 0.3) is 0 Å². The van der Waals surface area contributed by atoms with Crippen molar-refractivity contribution in [2.45, 2.75) is 0 Å². The molecule has 32 heavy (non-hydrogen) atoms. The smallest absolute Gasteiger partial charge is 0.349 e. The van der Waals surface area contributed by atoms with Gasteiger partial charge >= 0.3 is 5.97 Å². The third kappa shape index (κ3) is 5.10. The van der Waals surface area contributed by atoms with Gasteiger partial charge in [-0.05, 0) is 46.2 Å². The van der Waals surface area contributed by atoms with Crippen LogP contribution >= 0.6 is 11.6 Å². The first-order valence-electron chi connectivity index (χ1n) is 10.1. The summed E-state index contributed by atoms with van der Waals surface area (Å²) in [5.41, 5.74) is 2.04. The number of hydrogen-bond donors (Lipinski definition) is 0. The summed E-state index contributed by atoms with van der Waals surface area (Å²) in [4.78, 5) is 12.2. The first-order valence-corrected chi connectivity index (χ1v) is 10.4. The number of hydrogen-bond acceptors (Lipinski definition) is 4. The number of ether oxygens (including phenoxy) is 3. The summed E-state index contributed by atoms with van der Waals surface area (Å²) in [6.07, 6.45) is 4.05. The molecule has 4 aromatic carbocycles. The number of carbonyl (C=O) groups is 1. The predicted molar refractivity (Wildman–Crippen MR) is 128 cm³/mol. The molecule has 4 aromatic rings. The van der Waals surface area contributed by atoms with Crippen LogP contribution in [-0.2, 0) is 4.79 Å². The molecule has 0 radical (unpaired) electrons. The van der Waals surface area contributed by atoms with Crippen LogP contribution < -0.4 is 14.2 Å². The highest BCUT2D eigenvalue weighted by Gasteiger charge is 2.12. The lowest BCUT2D eigenvalue weighted by Gasteiger charge is -2.11. The first kappa shape index (κ1) is 21.5. The van der Waals surface area contributed by atoms with Gasteiger partial charge in [0.15, 0.2) is 18.1 Å². The molecular formula is C27H21ClO4. The Labute approximate surface area is 191 Å². The van der Waals surface area contributed by atoms with Gasteiger partial charge in [-0.3, -0.25) is 0 Å². The van der Waals surface area contributed by atoms with Crippen molar-refractivity contribution in [3.05, 3.63) is 101 Å². The molecule has 5 heteroatoms. The SMILES string of the molecule is COc1cc(/C=C/c2cccc3ccccc23)ccc1OC(=O)COc1ccccc1Cl. The second kappa shape index (κ2) is 10.0. The lowest BCUT2D eigenvalue weighted by Crippen LogP contribution is -2.18. The lowest BCUT2D eigenvalue weighted by atomic mass is 10.0. The molecule has 0 atom stereocenters. The third-order valence-corrected chi connectivity index (χ3v) is 5.18. The van der Waals surface area contributed by atoms with Crippen molar-refractivity contribution >= 4 is 40.5 Å². The van der Waals surface area contributed by atoms with E-state index in [1.165, 1.54) is 17.9 Å². The highest BCUT2D eigenvalue weighted by Crippen LogP contribution is 2.30. The molecular weight excluding hydrogens is 424 g/mol. The van der Waals surface area contributed by atoms with E-state index in [0.29, 0.717) is 22.3 Å². The zero-order valence-corrected chi connectivity index (χ0v) is 18.2. The zero-order chi connectivity index (χ0) is 22.3. The van der Waals surface area contributed by atoms with Gasteiger partial charge in [-0.1, -0.05) is 84.4 Å². The number of para-hydroxylation sites is 1. The molecule has 0 aliphatic rings. The summed E-state index contributed by atoms with van der Waals surface area (Å²) in [7, 11) is 1.53. The van der Waals surface area contributed by atoms with Crippen LogP contribution in [0.2, 0.25) is 5.02 Å². The molecule has 4 rings (SSSR count). The van der Waals surface area contributed by atoms with Crippen LogP contribution in [0, 0.1) is 0 Å².